The van der Waals surface area contributed by atoms with Gasteiger partial charge in [0.15, 0.2) is 5.96 Å². The Balaban J connectivity index is 1.56. The Kier molecular flexibility index (Phi) is 8.68. The molecule has 1 aliphatic rings. The normalized spacial score (nSPS) is 15.4. The first-order valence-corrected chi connectivity index (χ1v) is 10.7. The van der Waals surface area contributed by atoms with Crippen LogP contribution in [0.15, 0.2) is 53.5 Å². The number of hydrogen-bond donors (Lipinski definition) is 2. The predicted molar refractivity (Wildman–Crippen MR) is 123 cm³/mol. The zero-order chi connectivity index (χ0) is 21.2. The molecule has 0 unspecified atom stereocenters. The van der Waals surface area contributed by atoms with E-state index >= 15 is 0 Å². The second-order valence-electron chi connectivity index (χ2n) is 7.94. The highest BCUT2D eigenvalue weighted by molar-refractivity contribution is 5.79. The van der Waals surface area contributed by atoms with Crippen LogP contribution in [0.1, 0.15) is 22.3 Å². The number of rotatable bonds is 8. The summed E-state index contributed by atoms with van der Waals surface area (Å²) in [5.74, 6) is 0.816. The molecule has 1 heterocycles. The van der Waals surface area contributed by atoms with Crippen molar-refractivity contribution in [2.24, 2.45) is 4.99 Å². The summed E-state index contributed by atoms with van der Waals surface area (Å²) >= 11 is 0. The largest absolute Gasteiger partial charge is 0.379 e. The third-order valence-electron chi connectivity index (χ3n) is 5.34. The van der Waals surface area contributed by atoms with E-state index < -0.39 is 0 Å². The fraction of sp³-hybridized carbons (Fsp3) is 0.458. The van der Waals surface area contributed by atoms with E-state index in [9.17, 15) is 0 Å². The maximum Gasteiger partial charge on any atom is 0.191 e. The van der Waals surface area contributed by atoms with Crippen LogP contribution in [0.25, 0.3) is 0 Å². The molecule has 0 radical (unpaired) electrons. The minimum absolute atomic E-state index is 0.749. The number of benzene rings is 2. The summed E-state index contributed by atoms with van der Waals surface area (Å²) in [5, 5.41) is 6.94. The minimum Gasteiger partial charge on any atom is -0.379 e. The van der Waals surface area contributed by atoms with Crippen LogP contribution in [0.2, 0.25) is 0 Å². The number of nitrogens with zero attached hydrogens (tertiary/aromatic N) is 3. The molecule has 2 aromatic rings. The molecule has 1 aliphatic heterocycles. The fourth-order valence-electron chi connectivity index (χ4n) is 3.69. The molecule has 0 saturated carbocycles. The average Bonchev–Trinajstić information content (AvgIpc) is 2.76. The van der Waals surface area contributed by atoms with Crippen molar-refractivity contribution in [1.82, 2.24) is 20.4 Å². The molecular weight excluding hydrogens is 374 g/mol. The van der Waals surface area contributed by atoms with Crippen molar-refractivity contribution in [3.63, 3.8) is 0 Å². The van der Waals surface area contributed by atoms with Crippen LogP contribution in [0, 0.1) is 0 Å². The van der Waals surface area contributed by atoms with E-state index in [1.54, 1.807) is 0 Å². The van der Waals surface area contributed by atoms with Crippen molar-refractivity contribution in [3.8, 4) is 0 Å². The van der Waals surface area contributed by atoms with Crippen molar-refractivity contribution in [1.29, 1.82) is 0 Å². The van der Waals surface area contributed by atoms with Crippen LogP contribution in [0.4, 0.5) is 0 Å². The summed E-state index contributed by atoms with van der Waals surface area (Å²) in [5.41, 5.74) is 5.29. The summed E-state index contributed by atoms with van der Waals surface area (Å²) in [6.45, 7) is 7.04. The van der Waals surface area contributed by atoms with Gasteiger partial charge in [0.2, 0.25) is 0 Å². The first-order valence-electron chi connectivity index (χ1n) is 10.7. The third kappa shape index (κ3) is 6.83. The van der Waals surface area contributed by atoms with Gasteiger partial charge in [0.1, 0.15) is 0 Å². The summed E-state index contributed by atoms with van der Waals surface area (Å²) in [4.78, 5) is 9.06. The highest BCUT2D eigenvalue weighted by atomic mass is 16.5. The zero-order valence-corrected chi connectivity index (χ0v) is 18.5. The van der Waals surface area contributed by atoms with E-state index in [0.717, 1.165) is 58.4 Å². The van der Waals surface area contributed by atoms with Gasteiger partial charge in [-0.25, -0.2) is 0 Å². The second-order valence-corrected chi connectivity index (χ2v) is 7.94. The Labute approximate surface area is 180 Å². The molecule has 6 nitrogen and oxygen atoms in total. The molecule has 1 fully saturated rings. The molecule has 0 bridgehead atoms. The van der Waals surface area contributed by atoms with Gasteiger partial charge in [-0.2, -0.15) is 0 Å². The van der Waals surface area contributed by atoms with Gasteiger partial charge in [-0.15, -0.1) is 0 Å². The van der Waals surface area contributed by atoms with Crippen LogP contribution in [0.5, 0.6) is 0 Å². The predicted octanol–water partition coefficient (Wildman–Crippen LogP) is 2.45. The summed E-state index contributed by atoms with van der Waals surface area (Å²) in [7, 11) is 6.01. The van der Waals surface area contributed by atoms with E-state index in [-0.39, 0.29) is 0 Å². The molecule has 0 aromatic heterocycles. The van der Waals surface area contributed by atoms with Gasteiger partial charge in [-0.1, -0.05) is 48.5 Å². The molecule has 1 saturated heterocycles. The van der Waals surface area contributed by atoms with Crippen LogP contribution in [-0.2, 0) is 30.9 Å². The van der Waals surface area contributed by atoms with E-state index in [2.05, 4.69) is 88.1 Å². The molecule has 0 aliphatic carbocycles. The lowest BCUT2D eigenvalue weighted by atomic mass is 10.1. The van der Waals surface area contributed by atoms with Gasteiger partial charge < -0.3 is 20.3 Å². The molecular formula is C24H35N5O. The monoisotopic (exact) mass is 409 g/mol. The maximum atomic E-state index is 5.47. The van der Waals surface area contributed by atoms with Crippen LogP contribution in [-0.4, -0.2) is 63.2 Å². The summed E-state index contributed by atoms with van der Waals surface area (Å²) in [6.07, 6.45) is 0. The van der Waals surface area contributed by atoms with Crippen LogP contribution < -0.4 is 10.6 Å². The Hall–Kier alpha value is -2.41. The first-order chi connectivity index (χ1) is 14.7. The maximum absolute atomic E-state index is 5.47. The second kappa shape index (κ2) is 11.7. The number of guanidine groups is 1. The number of morpholine rings is 1. The molecule has 162 valence electrons. The van der Waals surface area contributed by atoms with Gasteiger partial charge in [-0.05, 0) is 36.3 Å². The average molecular weight is 410 g/mol. The van der Waals surface area contributed by atoms with Crippen molar-refractivity contribution in [2.75, 3.05) is 47.4 Å². The topological polar surface area (TPSA) is 52.1 Å². The smallest absolute Gasteiger partial charge is 0.191 e. The van der Waals surface area contributed by atoms with Crippen molar-refractivity contribution in [2.45, 2.75) is 26.2 Å². The van der Waals surface area contributed by atoms with Crippen molar-refractivity contribution in [3.05, 3.63) is 70.8 Å². The summed E-state index contributed by atoms with van der Waals surface area (Å²) < 4.78 is 5.47. The lowest BCUT2D eigenvalue weighted by Crippen LogP contribution is -2.38. The number of hydrogen-bond acceptors (Lipinski definition) is 4. The molecule has 0 amide bonds. The lowest BCUT2D eigenvalue weighted by molar-refractivity contribution is 0.0341. The Morgan fingerprint density at radius 1 is 0.900 bits per heavy atom. The fourth-order valence-corrected chi connectivity index (χ4v) is 3.69. The molecule has 0 atom stereocenters. The van der Waals surface area contributed by atoms with Crippen LogP contribution >= 0.6 is 0 Å². The number of aliphatic imine (C=N–C) groups is 1. The van der Waals surface area contributed by atoms with Gasteiger partial charge in [0.25, 0.3) is 0 Å². The minimum atomic E-state index is 0.749. The van der Waals surface area contributed by atoms with Gasteiger partial charge in [0, 0.05) is 46.3 Å². The van der Waals surface area contributed by atoms with Crippen LogP contribution in [0.3, 0.4) is 0 Å². The van der Waals surface area contributed by atoms with Gasteiger partial charge >= 0.3 is 0 Å². The SMILES string of the molecule is CN=C(NCc1ccccc1CN(C)C)NCc1ccccc1CN1CCOCC1. The lowest BCUT2D eigenvalue weighted by Gasteiger charge is -2.27. The number of ether oxygens (including phenoxy) is 1. The first kappa shape index (κ1) is 22.3. The van der Waals surface area contributed by atoms with E-state index in [4.69, 9.17) is 4.74 Å². The Morgan fingerprint density at radius 3 is 2.00 bits per heavy atom. The standard InChI is InChI=1S/C24H35N5O/c1-25-24(26-16-20-8-4-6-10-22(20)18-28(2)3)27-17-21-9-5-7-11-23(21)19-29-12-14-30-15-13-29/h4-11H,12-19H2,1-3H3,(H2,25,26,27). The van der Waals surface area contributed by atoms with E-state index in [1.165, 1.54) is 22.3 Å². The van der Waals surface area contributed by atoms with E-state index in [1.807, 2.05) is 7.05 Å². The van der Waals surface area contributed by atoms with Gasteiger partial charge in [-0.3, -0.25) is 9.89 Å². The highest BCUT2D eigenvalue weighted by Gasteiger charge is 2.13. The molecule has 6 heteroatoms. The van der Waals surface area contributed by atoms with Gasteiger partial charge in [0.05, 0.1) is 13.2 Å². The van der Waals surface area contributed by atoms with Crippen molar-refractivity contribution < 1.29 is 4.74 Å². The molecule has 2 aromatic carbocycles. The Morgan fingerprint density at radius 2 is 1.43 bits per heavy atom. The summed E-state index contributed by atoms with van der Waals surface area (Å²) in [6, 6.07) is 17.2. The Bertz CT molecular complexity index is 815. The molecule has 2 N–H and O–H groups in total. The zero-order valence-electron chi connectivity index (χ0n) is 18.5. The van der Waals surface area contributed by atoms with Crippen molar-refractivity contribution >= 4 is 5.96 Å². The quantitative estimate of drug-likeness (QED) is 0.518. The highest BCUT2D eigenvalue weighted by Crippen LogP contribution is 2.13. The third-order valence-corrected chi connectivity index (χ3v) is 5.34. The molecule has 30 heavy (non-hydrogen) atoms. The molecule has 3 rings (SSSR count). The number of nitrogens with one attached hydrogen (secondary N) is 2. The molecule has 0 spiro atoms. The van der Waals surface area contributed by atoms with E-state index in [0.29, 0.717) is 0 Å².